The molecule has 0 saturated carbocycles. The second kappa shape index (κ2) is 7.87. The summed E-state index contributed by atoms with van der Waals surface area (Å²) in [5.41, 5.74) is 3.47. The molecule has 1 aromatic heterocycles. The molecule has 4 aromatic rings. The Balaban J connectivity index is 1.45. The van der Waals surface area contributed by atoms with Gasteiger partial charge in [-0.15, -0.1) is 0 Å². The standard InChI is InChI=1S/C23H22N4/c1-24-23(26-15-18-9-6-8-17-7-2-3-10-20(17)18)27-16-19-13-14-25-22-12-5-4-11-21(19)22/h2-14H,15-16H2,1H3,(H2,24,26,27). The van der Waals surface area contributed by atoms with Crippen molar-refractivity contribution >= 4 is 27.6 Å². The van der Waals surface area contributed by atoms with E-state index in [-0.39, 0.29) is 0 Å². The van der Waals surface area contributed by atoms with Gasteiger partial charge in [0.2, 0.25) is 0 Å². The molecule has 0 aliphatic heterocycles. The number of aromatic nitrogens is 1. The molecule has 0 saturated heterocycles. The normalized spacial score (nSPS) is 11.7. The third-order valence-electron chi connectivity index (χ3n) is 4.74. The predicted octanol–water partition coefficient (Wildman–Crippen LogP) is 4.25. The average molecular weight is 354 g/mol. The Morgan fingerprint density at radius 1 is 0.778 bits per heavy atom. The molecule has 27 heavy (non-hydrogen) atoms. The summed E-state index contributed by atoms with van der Waals surface area (Å²) in [5, 5.41) is 10.5. The lowest BCUT2D eigenvalue weighted by Gasteiger charge is -2.14. The lowest BCUT2D eigenvalue weighted by molar-refractivity contribution is 0.814. The molecule has 0 unspecified atom stereocenters. The zero-order valence-electron chi connectivity index (χ0n) is 15.3. The molecule has 0 atom stereocenters. The summed E-state index contributed by atoms with van der Waals surface area (Å²) < 4.78 is 0. The van der Waals surface area contributed by atoms with Crippen LogP contribution < -0.4 is 10.6 Å². The number of hydrogen-bond acceptors (Lipinski definition) is 2. The summed E-state index contributed by atoms with van der Waals surface area (Å²) in [4.78, 5) is 8.78. The highest BCUT2D eigenvalue weighted by molar-refractivity contribution is 5.87. The van der Waals surface area contributed by atoms with Crippen molar-refractivity contribution in [1.29, 1.82) is 0 Å². The zero-order valence-corrected chi connectivity index (χ0v) is 15.3. The highest BCUT2D eigenvalue weighted by atomic mass is 15.2. The highest BCUT2D eigenvalue weighted by Crippen LogP contribution is 2.18. The van der Waals surface area contributed by atoms with Crippen LogP contribution in [0.4, 0.5) is 0 Å². The van der Waals surface area contributed by atoms with Crippen LogP contribution in [0, 0.1) is 0 Å². The highest BCUT2D eigenvalue weighted by Gasteiger charge is 2.05. The van der Waals surface area contributed by atoms with Crippen molar-refractivity contribution < 1.29 is 0 Å². The Kier molecular flexibility index (Phi) is 4.97. The third-order valence-corrected chi connectivity index (χ3v) is 4.74. The lowest BCUT2D eigenvalue weighted by atomic mass is 10.0. The minimum Gasteiger partial charge on any atom is -0.352 e. The van der Waals surface area contributed by atoms with E-state index in [4.69, 9.17) is 0 Å². The summed E-state index contributed by atoms with van der Waals surface area (Å²) in [6.45, 7) is 1.41. The maximum atomic E-state index is 4.42. The summed E-state index contributed by atoms with van der Waals surface area (Å²) in [5.74, 6) is 0.781. The molecule has 0 amide bonds. The van der Waals surface area contributed by atoms with Crippen molar-refractivity contribution in [3.05, 3.63) is 90.1 Å². The van der Waals surface area contributed by atoms with Gasteiger partial charge in [0.15, 0.2) is 5.96 Å². The van der Waals surface area contributed by atoms with Gasteiger partial charge >= 0.3 is 0 Å². The van der Waals surface area contributed by atoms with E-state index in [1.54, 1.807) is 7.05 Å². The Bertz CT molecular complexity index is 1010. The van der Waals surface area contributed by atoms with Crippen LogP contribution in [-0.2, 0) is 13.1 Å². The number of nitrogens with zero attached hydrogens (tertiary/aromatic N) is 2. The molecule has 1 heterocycles. The molecular formula is C23H22N4. The molecule has 0 spiro atoms. The molecular weight excluding hydrogens is 332 g/mol. The summed E-state index contributed by atoms with van der Waals surface area (Å²) >= 11 is 0. The molecule has 4 heteroatoms. The monoisotopic (exact) mass is 354 g/mol. The molecule has 0 fully saturated rings. The Morgan fingerprint density at radius 2 is 1.44 bits per heavy atom. The number of guanidine groups is 1. The Morgan fingerprint density at radius 3 is 2.26 bits per heavy atom. The number of para-hydroxylation sites is 1. The number of rotatable bonds is 4. The fourth-order valence-corrected chi connectivity index (χ4v) is 3.33. The van der Waals surface area contributed by atoms with Crippen LogP contribution in [-0.4, -0.2) is 18.0 Å². The van der Waals surface area contributed by atoms with Crippen molar-refractivity contribution in [2.45, 2.75) is 13.1 Å². The number of aliphatic imine (C=N–C) groups is 1. The largest absolute Gasteiger partial charge is 0.352 e. The first-order valence-electron chi connectivity index (χ1n) is 9.09. The predicted molar refractivity (Wildman–Crippen MR) is 113 cm³/mol. The van der Waals surface area contributed by atoms with E-state index in [0.717, 1.165) is 23.4 Å². The van der Waals surface area contributed by atoms with Gasteiger partial charge in [-0.2, -0.15) is 0 Å². The maximum absolute atomic E-state index is 4.42. The van der Waals surface area contributed by atoms with Gasteiger partial charge in [0, 0.05) is 31.7 Å². The Hall–Kier alpha value is -3.40. The van der Waals surface area contributed by atoms with E-state index in [1.807, 2.05) is 30.5 Å². The molecule has 4 rings (SSSR count). The van der Waals surface area contributed by atoms with E-state index in [0.29, 0.717) is 6.54 Å². The van der Waals surface area contributed by atoms with Gasteiger partial charge in [0.1, 0.15) is 0 Å². The average Bonchev–Trinajstić information content (AvgIpc) is 2.74. The fraction of sp³-hybridized carbons (Fsp3) is 0.130. The van der Waals surface area contributed by atoms with E-state index in [1.165, 1.54) is 21.9 Å². The van der Waals surface area contributed by atoms with Crippen molar-refractivity contribution in [1.82, 2.24) is 15.6 Å². The van der Waals surface area contributed by atoms with Crippen molar-refractivity contribution in [2.24, 2.45) is 4.99 Å². The SMILES string of the molecule is CN=C(NCc1cccc2ccccc12)NCc1ccnc2ccccc12. The van der Waals surface area contributed by atoms with Crippen LogP contribution in [0.3, 0.4) is 0 Å². The summed E-state index contributed by atoms with van der Waals surface area (Å²) in [6.07, 6.45) is 1.85. The number of hydrogen-bond donors (Lipinski definition) is 2. The third kappa shape index (κ3) is 3.75. The Labute approximate surface area is 159 Å². The first-order valence-corrected chi connectivity index (χ1v) is 9.09. The smallest absolute Gasteiger partial charge is 0.191 e. The van der Waals surface area contributed by atoms with Crippen LogP contribution >= 0.6 is 0 Å². The van der Waals surface area contributed by atoms with Gasteiger partial charge < -0.3 is 10.6 Å². The van der Waals surface area contributed by atoms with Crippen LogP contribution in [0.5, 0.6) is 0 Å². The second-order valence-corrected chi connectivity index (χ2v) is 6.40. The topological polar surface area (TPSA) is 49.3 Å². The molecule has 4 nitrogen and oxygen atoms in total. The number of nitrogens with one attached hydrogen (secondary N) is 2. The van der Waals surface area contributed by atoms with Gasteiger partial charge in [-0.25, -0.2) is 0 Å². The van der Waals surface area contributed by atoms with Crippen LogP contribution in [0.1, 0.15) is 11.1 Å². The molecule has 3 aromatic carbocycles. The van der Waals surface area contributed by atoms with E-state index >= 15 is 0 Å². The van der Waals surface area contributed by atoms with E-state index in [9.17, 15) is 0 Å². The fourth-order valence-electron chi connectivity index (χ4n) is 3.33. The molecule has 0 radical (unpaired) electrons. The minimum absolute atomic E-state index is 0.693. The molecule has 134 valence electrons. The van der Waals surface area contributed by atoms with E-state index < -0.39 is 0 Å². The summed E-state index contributed by atoms with van der Waals surface area (Å²) in [6, 6.07) is 25.1. The second-order valence-electron chi connectivity index (χ2n) is 6.40. The molecule has 2 N–H and O–H groups in total. The number of pyridine rings is 1. The lowest BCUT2D eigenvalue weighted by Crippen LogP contribution is -2.36. The first-order chi connectivity index (χ1) is 13.3. The van der Waals surface area contributed by atoms with Crippen LogP contribution in [0.2, 0.25) is 0 Å². The van der Waals surface area contributed by atoms with Gasteiger partial charge in [-0.1, -0.05) is 60.7 Å². The van der Waals surface area contributed by atoms with Gasteiger partial charge in [-0.3, -0.25) is 9.98 Å². The quantitative estimate of drug-likeness (QED) is 0.425. The summed E-state index contributed by atoms with van der Waals surface area (Å²) in [7, 11) is 1.79. The van der Waals surface area contributed by atoms with Gasteiger partial charge in [0.05, 0.1) is 5.52 Å². The maximum Gasteiger partial charge on any atom is 0.191 e. The number of benzene rings is 3. The van der Waals surface area contributed by atoms with Crippen molar-refractivity contribution in [3.63, 3.8) is 0 Å². The van der Waals surface area contributed by atoms with Crippen molar-refractivity contribution in [3.8, 4) is 0 Å². The van der Waals surface area contributed by atoms with Gasteiger partial charge in [0.25, 0.3) is 0 Å². The number of fused-ring (bicyclic) bond motifs is 2. The molecule has 0 aliphatic carbocycles. The van der Waals surface area contributed by atoms with Gasteiger partial charge in [-0.05, 0) is 34.0 Å². The van der Waals surface area contributed by atoms with Crippen LogP contribution in [0.15, 0.2) is 84.0 Å². The van der Waals surface area contributed by atoms with E-state index in [2.05, 4.69) is 69.1 Å². The minimum atomic E-state index is 0.693. The first kappa shape index (κ1) is 17.0. The van der Waals surface area contributed by atoms with Crippen LogP contribution in [0.25, 0.3) is 21.7 Å². The molecule has 0 aliphatic rings. The van der Waals surface area contributed by atoms with Crippen molar-refractivity contribution in [2.75, 3.05) is 7.05 Å². The molecule has 0 bridgehead atoms. The zero-order chi connectivity index (χ0) is 18.5.